The molecule has 7 nitrogen and oxygen atoms in total. The number of hydrogen-bond acceptors (Lipinski definition) is 4. The lowest BCUT2D eigenvalue weighted by atomic mass is 10.2. The van der Waals surface area contributed by atoms with Crippen molar-refractivity contribution in [2.24, 2.45) is 0 Å². The van der Waals surface area contributed by atoms with E-state index in [9.17, 15) is 14.4 Å². The van der Waals surface area contributed by atoms with Crippen LogP contribution in [0.2, 0.25) is 0 Å². The summed E-state index contributed by atoms with van der Waals surface area (Å²) in [7, 11) is 0. The first-order valence-electron chi connectivity index (χ1n) is 7.02. The van der Waals surface area contributed by atoms with Gasteiger partial charge in [-0.15, -0.1) is 0 Å². The maximum atomic E-state index is 11.7. The zero-order valence-electron chi connectivity index (χ0n) is 12.4. The van der Waals surface area contributed by atoms with Gasteiger partial charge in [-0.1, -0.05) is 13.0 Å². The van der Waals surface area contributed by atoms with Gasteiger partial charge in [0, 0.05) is 31.1 Å². The lowest BCUT2D eigenvalue weighted by Gasteiger charge is -2.08. The minimum Gasteiger partial charge on any atom is -0.482 e. The van der Waals surface area contributed by atoms with Crippen LogP contribution in [0.3, 0.4) is 0 Å². The number of amides is 2. The summed E-state index contributed by atoms with van der Waals surface area (Å²) >= 11 is 0. The molecule has 22 heavy (non-hydrogen) atoms. The average Bonchev–Trinajstić information content (AvgIpc) is 2.49. The summed E-state index contributed by atoms with van der Waals surface area (Å²) in [5, 5.41) is 13.9. The highest BCUT2D eigenvalue weighted by Crippen LogP contribution is 2.17. The zero-order valence-corrected chi connectivity index (χ0v) is 12.4. The molecule has 0 unspecified atom stereocenters. The molecule has 0 bridgehead atoms. The van der Waals surface area contributed by atoms with Crippen molar-refractivity contribution in [3.63, 3.8) is 0 Å². The summed E-state index contributed by atoms with van der Waals surface area (Å²) in [6.45, 7) is 2.10. The SMILES string of the molecule is CCCNC(=O)CCC(=O)Nc1cccc(OCC(=O)O)c1. The third-order valence-corrected chi connectivity index (χ3v) is 2.63. The number of hydrogen-bond donors (Lipinski definition) is 3. The summed E-state index contributed by atoms with van der Waals surface area (Å²) in [5.74, 6) is -1.18. The molecule has 0 aliphatic carbocycles. The second-order valence-electron chi connectivity index (χ2n) is 4.61. The van der Waals surface area contributed by atoms with Crippen molar-refractivity contribution >= 4 is 23.5 Å². The number of carbonyl (C=O) groups excluding carboxylic acids is 2. The Hall–Kier alpha value is -2.57. The smallest absolute Gasteiger partial charge is 0.341 e. The van der Waals surface area contributed by atoms with Crippen LogP contribution < -0.4 is 15.4 Å². The van der Waals surface area contributed by atoms with Crippen molar-refractivity contribution < 1.29 is 24.2 Å². The lowest BCUT2D eigenvalue weighted by Crippen LogP contribution is -2.25. The molecule has 7 heteroatoms. The van der Waals surface area contributed by atoms with Crippen LogP contribution in [0.25, 0.3) is 0 Å². The Kier molecular flexibility index (Phi) is 7.45. The molecule has 120 valence electrons. The minimum atomic E-state index is -1.08. The summed E-state index contributed by atoms with van der Waals surface area (Å²) in [4.78, 5) is 33.6. The maximum Gasteiger partial charge on any atom is 0.341 e. The first-order valence-corrected chi connectivity index (χ1v) is 7.02. The van der Waals surface area contributed by atoms with E-state index in [1.165, 1.54) is 6.07 Å². The van der Waals surface area contributed by atoms with E-state index in [0.717, 1.165) is 6.42 Å². The number of carbonyl (C=O) groups is 3. The second-order valence-corrected chi connectivity index (χ2v) is 4.61. The van der Waals surface area contributed by atoms with E-state index in [4.69, 9.17) is 9.84 Å². The van der Waals surface area contributed by atoms with Crippen LogP contribution in [0.15, 0.2) is 24.3 Å². The largest absolute Gasteiger partial charge is 0.482 e. The molecular weight excluding hydrogens is 288 g/mol. The van der Waals surface area contributed by atoms with Gasteiger partial charge in [-0.25, -0.2) is 4.79 Å². The molecule has 0 spiro atoms. The molecule has 0 aromatic heterocycles. The van der Waals surface area contributed by atoms with Crippen molar-refractivity contribution in [2.75, 3.05) is 18.5 Å². The molecule has 1 aromatic rings. The van der Waals surface area contributed by atoms with Crippen LogP contribution in [0, 0.1) is 0 Å². The van der Waals surface area contributed by atoms with Crippen LogP contribution in [0.1, 0.15) is 26.2 Å². The number of ether oxygens (including phenoxy) is 1. The molecule has 2 amide bonds. The molecule has 0 radical (unpaired) electrons. The Morgan fingerprint density at radius 1 is 1.18 bits per heavy atom. The minimum absolute atomic E-state index is 0.0791. The Labute approximate surface area is 128 Å². The number of carboxylic acid groups (broad SMARTS) is 1. The molecule has 0 saturated heterocycles. The van der Waals surface area contributed by atoms with Gasteiger partial charge in [-0.2, -0.15) is 0 Å². The highest BCUT2D eigenvalue weighted by Gasteiger charge is 2.07. The Bertz CT molecular complexity index is 530. The molecule has 0 fully saturated rings. The van der Waals surface area contributed by atoms with Gasteiger partial charge >= 0.3 is 5.97 Å². The Balaban J connectivity index is 2.42. The molecule has 0 heterocycles. The molecule has 0 atom stereocenters. The van der Waals surface area contributed by atoms with Gasteiger partial charge in [-0.3, -0.25) is 9.59 Å². The maximum absolute atomic E-state index is 11.7. The van der Waals surface area contributed by atoms with Crippen molar-refractivity contribution in [1.82, 2.24) is 5.32 Å². The quantitative estimate of drug-likeness (QED) is 0.639. The monoisotopic (exact) mass is 308 g/mol. The number of carboxylic acids is 1. The molecular formula is C15H20N2O5. The normalized spacial score (nSPS) is 9.86. The van der Waals surface area contributed by atoms with E-state index in [-0.39, 0.29) is 24.7 Å². The number of aliphatic carboxylic acids is 1. The van der Waals surface area contributed by atoms with E-state index in [0.29, 0.717) is 18.0 Å². The number of benzene rings is 1. The van der Waals surface area contributed by atoms with Crippen LogP contribution in [-0.4, -0.2) is 36.0 Å². The van der Waals surface area contributed by atoms with E-state index in [1.54, 1.807) is 18.2 Å². The fourth-order valence-electron chi connectivity index (χ4n) is 1.61. The number of nitrogens with one attached hydrogen (secondary N) is 2. The average molecular weight is 308 g/mol. The van der Waals surface area contributed by atoms with Crippen molar-refractivity contribution in [3.8, 4) is 5.75 Å². The molecule has 0 saturated carbocycles. The fraction of sp³-hybridized carbons (Fsp3) is 0.400. The predicted molar refractivity (Wildman–Crippen MR) is 80.7 cm³/mol. The van der Waals surface area contributed by atoms with E-state index < -0.39 is 12.6 Å². The Morgan fingerprint density at radius 3 is 2.59 bits per heavy atom. The van der Waals surface area contributed by atoms with Crippen molar-refractivity contribution in [2.45, 2.75) is 26.2 Å². The van der Waals surface area contributed by atoms with Gasteiger partial charge in [-0.05, 0) is 18.6 Å². The highest BCUT2D eigenvalue weighted by molar-refractivity contribution is 5.93. The predicted octanol–water partition coefficient (Wildman–Crippen LogP) is 1.39. The van der Waals surface area contributed by atoms with Gasteiger partial charge in [0.1, 0.15) is 5.75 Å². The summed E-state index contributed by atoms with van der Waals surface area (Å²) < 4.78 is 5.02. The number of rotatable bonds is 9. The van der Waals surface area contributed by atoms with Gasteiger partial charge in [0.05, 0.1) is 0 Å². The van der Waals surface area contributed by atoms with Crippen molar-refractivity contribution in [1.29, 1.82) is 0 Å². The summed E-state index contributed by atoms with van der Waals surface area (Å²) in [6, 6.07) is 6.41. The zero-order chi connectivity index (χ0) is 16.4. The molecule has 0 aliphatic rings. The van der Waals surface area contributed by atoms with Crippen LogP contribution in [0.5, 0.6) is 5.75 Å². The number of anilines is 1. The van der Waals surface area contributed by atoms with Gasteiger partial charge in [0.15, 0.2) is 6.61 Å². The molecule has 3 N–H and O–H groups in total. The van der Waals surface area contributed by atoms with Crippen LogP contribution in [0.4, 0.5) is 5.69 Å². The van der Waals surface area contributed by atoms with E-state index in [2.05, 4.69) is 10.6 Å². The first-order chi connectivity index (χ1) is 10.5. The van der Waals surface area contributed by atoms with Crippen LogP contribution in [-0.2, 0) is 14.4 Å². The van der Waals surface area contributed by atoms with Gasteiger partial charge in [0.2, 0.25) is 11.8 Å². The molecule has 1 aromatic carbocycles. The highest BCUT2D eigenvalue weighted by atomic mass is 16.5. The summed E-state index contributed by atoms with van der Waals surface area (Å²) in [6.07, 6.45) is 1.05. The van der Waals surface area contributed by atoms with Crippen LogP contribution >= 0.6 is 0 Å². The first kappa shape index (κ1) is 17.5. The molecule has 0 aliphatic heterocycles. The summed E-state index contributed by atoms with van der Waals surface area (Å²) in [5.41, 5.74) is 0.488. The van der Waals surface area contributed by atoms with E-state index in [1.807, 2.05) is 6.92 Å². The lowest BCUT2D eigenvalue weighted by molar-refractivity contribution is -0.139. The van der Waals surface area contributed by atoms with E-state index >= 15 is 0 Å². The third kappa shape index (κ3) is 7.28. The van der Waals surface area contributed by atoms with Crippen molar-refractivity contribution in [3.05, 3.63) is 24.3 Å². The van der Waals surface area contributed by atoms with Gasteiger partial charge in [0.25, 0.3) is 0 Å². The van der Waals surface area contributed by atoms with Gasteiger partial charge < -0.3 is 20.5 Å². The standard InChI is InChI=1S/C15H20N2O5/c1-2-8-16-13(18)6-7-14(19)17-11-4-3-5-12(9-11)22-10-15(20)21/h3-5,9H,2,6-8,10H2,1H3,(H,16,18)(H,17,19)(H,20,21). The second kappa shape index (κ2) is 9.38. The topological polar surface area (TPSA) is 105 Å². The third-order valence-electron chi connectivity index (χ3n) is 2.63. The molecule has 1 rings (SSSR count). The Morgan fingerprint density at radius 2 is 1.91 bits per heavy atom. The fourth-order valence-corrected chi connectivity index (χ4v) is 1.61.